The third-order valence-electron chi connectivity index (χ3n) is 5.63. The van der Waals surface area contributed by atoms with E-state index < -0.39 is 0 Å². The molecule has 0 aromatic heterocycles. The molecular weight excluding hydrogens is 336 g/mol. The molecule has 27 heavy (non-hydrogen) atoms. The van der Waals surface area contributed by atoms with E-state index in [2.05, 4.69) is 23.1 Å². The predicted molar refractivity (Wildman–Crippen MR) is 109 cm³/mol. The van der Waals surface area contributed by atoms with Crippen molar-refractivity contribution in [1.82, 2.24) is 0 Å². The van der Waals surface area contributed by atoms with Crippen LogP contribution in [0.15, 0.2) is 48.5 Å². The average Bonchev–Trinajstić information content (AvgIpc) is 3.38. The van der Waals surface area contributed by atoms with Crippen LogP contribution in [0.2, 0.25) is 0 Å². The average molecular weight is 362 g/mol. The Morgan fingerprint density at radius 1 is 0.889 bits per heavy atom. The van der Waals surface area contributed by atoms with Gasteiger partial charge in [-0.05, 0) is 43.4 Å². The molecule has 1 saturated heterocycles. The zero-order valence-corrected chi connectivity index (χ0v) is 15.7. The van der Waals surface area contributed by atoms with Crippen molar-refractivity contribution in [3.05, 3.63) is 59.7 Å². The van der Waals surface area contributed by atoms with Crippen LogP contribution in [0.5, 0.6) is 0 Å². The summed E-state index contributed by atoms with van der Waals surface area (Å²) in [5, 5.41) is 0. The van der Waals surface area contributed by atoms with Crippen molar-refractivity contribution in [2.45, 2.75) is 38.5 Å². The molecule has 1 amide bonds. The van der Waals surface area contributed by atoms with E-state index in [1.807, 2.05) is 35.2 Å². The first-order chi connectivity index (χ1) is 13.2. The van der Waals surface area contributed by atoms with Crippen LogP contribution in [0, 0.1) is 0 Å². The number of carbonyl (C=O) groups excluding carboxylic acids is 2. The van der Waals surface area contributed by atoms with E-state index in [-0.39, 0.29) is 11.7 Å². The first-order valence-electron chi connectivity index (χ1n) is 9.99. The molecule has 4 rings (SSSR count). The number of fused-ring (bicyclic) bond motifs is 1. The Hall–Kier alpha value is -2.62. The van der Waals surface area contributed by atoms with Crippen molar-refractivity contribution in [1.29, 1.82) is 0 Å². The van der Waals surface area contributed by atoms with Gasteiger partial charge in [0.05, 0.1) is 0 Å². The van der Waals surface area contributed by atoms with E-state index in [4.69, 9.17) is 0 Å². The second kappa shape index (κ2) is 7.95. The van der Waals surface area contributed by atoms with Gasteiger partial charge >= 0.3 is 0 Å². The number of amides is 1. The maximum Gasteiger partial charge on any atom is 0.227 e. The molecule has 4 heteroatoms. The lowest BCUT2D eigenvalue weighted by Gasteiger charge is -2.22. The highest BCUT2D eigenvalue weighted by atomic mass is 16.2. The Morgan fingerprint density at radius 3 is 2.44 bits per heavy atom. The molecule has 0 atom stereocenters. The van der Waals surface area contributed by atoms with Crippen LogP contribution in [0.1, 0.15) is 48.0 Å². The number of rotatable bonds is 6. The SMILES string of the molecule is O=C(CCCC(=O)N1CCc2ccc(N3CCCC3)cc21)c1ccccc1. The van der Waals surface area contributed by atoms with Crippen molar-refractivity contribution >= 4 is 23.1 Å². The summed E-state index contributed by atoms with van der Waals surface area (Å²) < 4.78 is 0. The standard InChI is InChI=1S/C23H26N2O2/c26-22(19-7-2-1-3-8-19)9-6-10-23(27)25-16-13-18-11-12-20(17-21(18)25)24-14-4-5-15-24/h1-3,7-8,11-12,17H,4-6,9-10,13-16H2. The van der Waals surface area contributed by atoms with Crippen molar-refractivity contribution < 1.29 is 9.59 Å². The van der Waals surface area contributed by atoms with Gasteiger partial charge in [0.15, 0.2) is 5.78 Å². The summed E-state index contributed by atoms with van der Waals surface area (Å²) in [5.74, 6) is 0.245. The maximum atomic E-state index is 12.8. The van der Waals surface area contributed by atoms with Gasteiger partial charge in [0.25, 0.3) is 0 Å². The fourth-order valence-electron chi connectivity index (χ4n) is 4.10. The van der Waals surface area contributed by atoms with E-state index in [1.54, 1.807) is 0 Å². The molecule has 2 aromatic rings. The summed E-state index contributed by atoms with van der Waals surface area (Å²) in [5.41, 5.74) is 4.28. The molecule has 0 spiro atoms. The molecule has 2 aliphatic heterocycles. The normalized spacial score (nSPS) is 15.9. The first kappa shape index (κ1) is 17.8. The van der Waals surface area contributed by atoms with Gasteiger partial charge in [-0.3, -0.25) is 9.59 Å². The van der Waals surface area contributed by atoms with E-state index in [1.165, 1.54) is 24.1 Å². The van der Waals surface area contributed by atoms with Gasteiger partial charge in [-0.15, -0.1) is 0 Å². The first-order valence-corrected chi connectivity index (χ1v) is 9.99. The van der Waals surface area contributed by atoms with Gasteiger partial charge < -0.3 is 9.80 Å². The zero-order chi connectivity index (χ0) is 18.6. The van der Waals surface area contributed by atoms with Gasteiger partial charge in [-0.25, -0.2) is 0 Å². The van der Waals surface area contributed by atoms with Crippen LogP contribution < -0.4 is 9.80 Å². The molecule has 2 aromatic carbocycles. The molecule has 0 bridgehead atoms. The summed E-state index contributed by atoms with van der Waals surface area (Å²) in [6.45, 7) is 2.97. The monoisotopic (exact) mass is 362 g/mol. The number of ketones is 1. The summed E-state index contributed by atoms with van der Waals surface area (Å²) in [6.07, 6.45) is 4.86. The van der Waals surface area contributed by atoms with Crippen LogP contribution in [0.3, 0.4) is 0 Å². The Balaban J connectivity index is 1.36. The van der Waals surface area contributed by atoms with E-state index in [0.29, 0.717) is 19.3 Å². The summed E-state index contributed by atoms with van der Waals surface area (Å²) in [6, 6.07) is 15.9. The van der Waals surface area contributed by atoms with Crippen LogP contribution >= 0.6 is 0 Å². The molecule has 0 unspecified atom stereocenters. The maximum absolute atomic E-state index is 12.8. The molecule has 4 nitrogen and oxygen atoms in total. The molecule has 0 aliphatic carbocycles. The minimum absolute atomic E-state index is 0.113. The fourth-order valence-corrected chi connectivity index (χ4v) is 4.10. The molecule has 0 saturated carbocycles. The van der Waals surface area contributed by atoms with Gasteiger partial charge in [0.1, 0.15) is 0 Å². The van der Waals surface area contributed by atoms with Crippen LogP contribution in [-0.2, 0) is 11.2 Å². The zero-order valence-electron chi connectivity index (χ0n) is 15.7. The van der Waals surface area contributed by atoms with Crippen molar-refractivity contribution in [3.8, 4) is 0 Å². The summed E-state index contributed by atoms with van der Waals surface area (Å²) in [4.78, 5) is 29.3. The molecule has 2 aliphatic rings. The van der Waals surface area contributed by atoms with Crippen LogP contribution in [0.4, 0.5) is 11.4 Å². The van der Waals surface area contributed by atoms with Gasteiger partial charge in [0.2, 0.25) is 5.91 Å². The van der Waals surface area contributed by atoms with E-state index in [9.17, 15) is 9.59 Å². The highest BCUT2D eigenvalue weighted by Crippen LogP contribution is 2.33. The van der Waals surface area contributed by atoms with Crippen molar-refractivity contribution in [2.75, 3.05) is 29.4 Å². The minimum atomic E-state index is 0.113. The van der Waals surface area contributed by atoms with Crippen LogP contribution in [-0.4, -0.2) is 31.3 Å². The molecule has 140 valence electrons. The minimum Gasteiger partial charge on any atom is -0.371 e. The second-order valence-electron chi connectivity index (χ2n) is 7.45. The predicted octanol–water partition coefficient (Wildman–Crippen LogP) is 4.23. The summed E-state index contributed by atoms with van der Waals surface area (Å²) >= 11 is 0. The smallest absolute Gasteiger partial charge is 0.227 e. The topological polar surface area (TPSA) is 40.6 Å². The van der Waals surface area contributed by atoms with Gasteiger partial charge in [-0.2, -0.15) is 0 Å². The second-order valence-corrected chi connectivity index (χ2v) is 7.45. The Bertz CT molecular complexity index is 826. The number of carbonyl (C=O) groups is 2. The van der Waals surface area contributed by atoms with Crippen molar-refractivity contribution in [2.24, 2.45) is 0 Å². The third kappa shape index (κ3) is 3.90. The number of benzene rings is 2. The highest BCUT2D eigenvalue weighted by Gasteiger charge is 2.25. The number of nitrogens with zero attached hydrogens (tertiary/aromatic N) is 2. The lowest BCUT2D eigenvalue weighted by molar-refractivity contribution is -0.118. The Labute approximate surface area is 160 Å². The largest absolute Gasteiger partial charge is 0.371 e. The lowest BCUT2D eigenvalue weighted by Crippen LogP contribution is -2.29. The van der Waals surface area contributed by atoms with Crippen LogP contribution in [0.25, 0.3) is 0 Å². The van der Waals surface area contributed by atoms with Crippen molar-refractivity contribution in [3.63, 3.8) is 0 Å². The van der Waals surface area contributed by atoms with Gasteiger partial charge in [-0.1, -0.05) is 36.4 Å². The Kier molecular flexibility index (Phi) is 5.23. The molecule has 2 heterocycles. The van der Waals surface area contributed by atoms with E-state index >= 15 is 0 Å². The van der Waals surface area contributed by atoms with Gasteiger partial charge in [0, 0.05) is 49.4 Å². The molecule has 0 N–H and O–H groups in total. The molecular formula is C23H26N2O2. The third-order valence-corrected chi connectivity index (χ3v) is 5.63. The number of hydrogen-bond donors (Lipinski definition) is 0. The van der Waals surface area contributed by atoms with E-state index in [0.717, 1.165) is 37.3 Å². The lowest BCUT2D eigenvalue weighted by atomic mass is 10.1. The quantitative estimate of drug-likeness (QED) is 0.722. The fraction of sp³-hybridized carbons (Fsp3) is 0.391. The number of hydrogen-bond acceptors (Lipinski definition) is 3. The highest BCUT2D eigenvalue weighted by molar-refractivity contribution is 5.98. The number of Topliss-reactive ketones (excluding diaryl/α,β-unsaturated/α-hetero) is 1. The molecule has 1 fully saturated rings. The number of anilines is 2. The summed E-state index contributed by atoms with van der Waals surface area (Å²) in [7, 11) is 0. The Morgan fingerprint density at radius 2 is 1.67 bits per heavy atom. The molecule has 0 radical (unpaired) electrons.